The number of benzene rings is 2. The van der Waals surface area contributed by atoms with Crippen LogP contribution < -0.4 is 25.8 Å². The van der Waals surface area contributed by atoms with E-state index in [-0.39, 0.29) is 0 Å². The number of nitrogens with one attached hydrogen (secondary N) is 1. The quantitative estimate of drug-likeness (QED) is 0.526. The zero-order valence-electron chi connectivity index (χ0n) is 16.8. The maximum absolute atomic E-state index is 14.8. The Kier molecular flexibility index (Phi) is 4.85. The van der Waals surface area contributed by atoms with Gasteiger partial charge in [0.1, 0.15) is 11.5 Å². The molecule has 0 saturated carbocycles. The van der Waals surface area contributed by atoms with Crippen molar-refractivity contribution >= 4 is 56.5 Å². The fourth-order valence-corrected chi connectivity index (χ4v) is 9.95. The normalized spacial score (nSPS) is 19.7. The summed E-state index contributed by atoms with van der Waals surface area (Å²) in [6.45, 7) is 0. The minimum Gasteiger partial charge on any atom is -0.496 e. The van der Waals surface area contributed by atoms with Gasteiger partial charge in [0, 0.05) is 31.3 Å². The fraction of sp³-hybridized carbons (Fsp3) is 0.0870. The summed E-state index contributed by atoms with van der Waals surface area (Å²) in [7, 11) is 0.0424. The molecule has 156 valence electrons. The Morgan fingerprint density at radius 2 is 1.68 bits per heavy atom. The number of ether oxygens (including phenoxy) is 2. The van der Waals surface area contributed by atoms with E-state index < -0.39 is 7.14 Å². The van der Waals surface area contributed by atoms with E-state index in [0.717, 1.165) is 26.2 Å². The lowest BCUT2D eigenvalue weighted by Gasteiger charge is -2.29. The summed E-state index contributed by atoms with van der Waals surface area (Å²) in [5, 5.41) is 11.4. The number of nitrogens with two attached hydrogens (primary N) is 1. The molecule has 1 unspecified atom stereocenters. The maximum Gasteiger partial charge on any atom is 0.173 e. The van der Waals surface area contributed by atoms with Crippen molar-refractivity contribution in [1.29, 1.82) is 5.41 Å². The Morgan fingerprint density at radius 1 is 1.00 bits per heavy atom. The minimum atomic E-state index is -3.19. The number of thioether (sulfide) groups is 1. The number of methoxy groups -OCH3 is 2. The molecule has 1 aromatic heterocycles. The van der Waals surface area contributed by atoms with Crippen LogP contribution in [0, 0.1) is 5.41 Å². The maximum atomic E-state index is 14.8. The molecule has 0 spiro atoms. The molecule has 3 heterocycles. The predicted molar refractivity (Wildman–Crippen MR) is 131 cm³/mol. The van der Waals surface area contributed by atoms with Gasteiger partial charge in [-0.3, -0.25) is 5.41 Å². The fourth-order valence-electron chi connectivity index (χ4n) is 4.08. The van der Waals surface area contributed by atoms with Gasteiger partial charge in [-0.25, -0.2) is 0 Å². The first-order valence-electron chi connectivity index (χ1n) is 9.49. The van der Waals surface area contributed by atoms with Gasteiger partial charge in [-0.2, -0.15) is 0 Å². The molecule has 5 nitrogen and oxygen atoms in total. The Morgan fingerprint density at radius 3 is 2.32 bits per heavy atom. The molecule has 2 aromatic carbocycles. The summed E-state index contributed by atoms with van der Waals surface area (Å²) in [6.07, 6.45) is 1.73. The minimum absolute atomic E-state index is 0.357. The number of hydrogen-bond acceptors (Lipinski definition) is 7. The Bertz CT molecular complexity index is 1320. The third-order valence-corrected chi connectivity index (χ3v) is 10.7. The van der Waals surface area contributed by atoms with Crippen LogP contribution in [0.4, 0.5) is 5.00 Å². The number of nitrogen functional groups attached to an aromatic ring is 1. The summed E-state index contributed by atoms with van der Waals surface area (Å²) < 4.78 is 26.2. The number of allylic oxidation sites excluding steroid dienone is 1. The van der Waals surface area contributed by atoms with Crippen molar-refractivity contribution in [1.82, 2.24) is 0 Å². The third-order valence-electron chi connectivity index (χ3n) is 5.37. The second kappa shape index (κ2) is 7.45. The van der Waals surface area contributed by atoms with Gasteiger partial charge in [0.2, 0.25) is 0 Å². The first-order valence-corrected chi connectivity index (χ1v) is 12.8. The van der Waals surface area contributed by atoms with Crippen molar-refractivity contribution < 1.29 is 14.0 Å². The molecule has 5 rings (SSSR count). The SMILES string of the molecule is COc1cccc(OC)c1C1=C2SC(=N)C=C2P(=O)(c2ccccc2)c2cc(N)sc21. The van der Waals surface area contributed by atoms with E-state index in [4.69, 9.17) is 20.6 Å². The highest BCUT2D eigenvalue weighted by molar-refractivity contribution is 8.19. The predicted octanol–water partition coefficient (Wildman–Crippen LogP) is 5.04. The van der Waals surface area contributed by atoms with Crippen LogP contribution in [0.1, 0.15) is 10.4 Å². The number of hydrogen-bond donors (Lipinski definition) is 2. The number of rotatable bonds is 4. The van der Waals surface area contributed by atoms with E-state index in [0.29, 0.717) is 32.2 Å². The molecule has 3 aromatic rings. The van der Waals surface area contributed by atoms with Crippen LogP contribution in [0.3, 0.4) is 0 Å². The van der Waals surface area contributed by atoms with Crippen molar-refractivity contribution in [3.8, 4) is 11.5 Å². The topological polar surface area (TPSA) is 85.4 Å². The Labute approximate surface area is 188 Å². The molecule has 8 heteroatoms. The van der Waals surface area contributed by atoms with Crippen molar-refractivity contribution in [3.05, 3.63) is 81.3 Å². The van der Waals surface area contributed by atoms with Gasteiger partial charge in [0.25, 0.3) is 0 Å². The van der Waals surface area contributed by atoms with Crippen LogP contribution in [0.25, 0.3) is 5.57 Å². The molecule has 2 aliphatic rings. The van der Waals surface area contributed by atoms with Crippen LogP contribution in [-0.4, -0.2) is 19.3 Å². The highest BCUT2D eigenvalue weighted by Gasteiger charge is 2.46. The van der Waals surface area contributed by atoms with Crippen molar-refractivity contribution in [2.75, 3.05) is 20.0 Å². The number of fused-ring (bicyclic) bond motifs is 2. The molecule has 0 aliphatic carbocycles. The van der Waals surface area contributed by atoms with Gasteiger partial charge >= 0.3 is 0 Å². The van der Waals surface area contributed by atoms with Gasteiger partial charge in [-0.15, -0.1) is 11.3 Å². The first-order chi connectivity index (χ1) is 15.0. The lowest BCUT2D eigenvalue weighted by Crippen LogP contribution is -2.22. The smallest absolute Gasteiger partial charge is 0.173 e. The molecule has 0 fully saturated rings. The Balaban J connectivity index is 1.91. The zero-order chi connectivity index (χ0) is 21.8. The lowest BCUT2D eigenvalue weighted by molar-refractivity contribution is 0.392. The average molecular weight is 467 g/mol. The lowest BCUT2D eigenvalue weighted by atomic mass is 10.0. The van der Waals surface area contributed by atoms with E-state index in [1.165, 1.54) is 23.1 Å². The van der Waals surface area contributed by atoms with Crippen LogP contribution in [-0.2, 0) is 4.57 Å². The number of anilines is 1. The molecule has 0 saturated heterocycles. The van der Waals surface area contributed by atoms with Crippen LogP contribution in [0.2, 0.25) is 0 Å². The van der Waals surface area contributed by atoms with Crippen molar-refractivity contribution in [3.63, 3.8) is 0 Å². The van der Waals surface area contributed by atoms with Gasteiger partial charge in [0.05, 0.1) is 29.8 Å². The standard InChI is InChI=1S/C23H19N2O3PS2/c1-27-14-9-6-10-15(28-2)20(14)21-22-16(11-18(24)30-22)29(26,13-7-4-3-5-8-13)17-12-19(25)31-23(17)21/h3-12,24H,25H2,1-2H3. The molecule has 0 amide bonds. The second-order valence-electron chi connectivity index (χ2n) is 7.05. The molecule has 0 radical (unpaired) electrons. The van der Waals surface area contributed by atoms with E-state index in [1.807, 2.05) is 54.6 Å². The summed E-state index contributed by atoms with van der Waals surface area (Å²) in [4.78, 5) is 1.64. The van der Waals surface area contributed by atoms with Crippen LogP contribution >= 0.6 is 30.2 Å². The first kappa shape index (κ1) is 20.2. The summed E-state index contributed by atoms with van der Waals surface area (Å²) in [5.74, 6) is 1.30. The van der Waals surface area contributed by atoms with E-state index in [1.54, 1.807) is 20.3 Å². The molecule has 1 atom stereocenters. The monoisotopic (exact) mass is 466 g/mol. The summed E-state index contributed by atoms with van der Waals surface area (Å²) >= 11 is 2.72. The van der Waals surface area contributed by atoms with Gasteiger partial charge in [-0.1, -0.05) is 48.2 Å². The molecule has 3 N–H and O–H groups in total. The van der Waals surface area contributed by atoms with Gasteiger partial charge in [-0.05, 0) is 24.3 Å². The van der Waals surface area contributed by atoms with E-state index in [2.05, 4.69) is 0 Å². The number of thiophene rings is 1. The van der Waals surface area contributed by atoms with Crippen molar-refractivity contribution in [2.24, 2.45) is 0 Å². The van der Waals surface area contributed by atoms with Crippen LogP contribution in [0.5, 0.6) is 11.5 Å². The summed E-state index contributed by atoms with van der Waals surface area (Å²) in [5.41, 5.74) is 7.89. The molecule has 0 bridgehead atoms. The van der Waals surface area contributed by atoms with E-state index >= 15 is 0 Å². The third kappa shape index (κ3) is 2.92. The largest absolute Gasteiger partial charge is 0.496 e. The highest BCUT2D eigenvalue weighted by Crippen LogP contribution is 2.67. The molecular weight excluding hydrogens is 447 g/mol. The molecular formula is C23H19N2O3PS2. The second-order valence-corrected chi connectivity index (χ2v) is 11.9. The van der Waals surface area contributed by atoms with E-state index in [9.17, 15) is 4.57 Å². The van der Waals surface area contributed by atoms with Gasteiger partial charge < -0.3 is 19.8 Å². The highest BCUT2D eigenvalue weighted by atomic mass is 32.2. The average Bonchev–Trinajstić information content (AvgIpc) is 3.37. The van der Waals surface area contributed by atoms with Crippen LogP contribution in [0.15, 0.2) is 70.9 Å². The molecule has 31 heavy (non-hydrogen) atoms. The van der Waals surface area contributed by atoms with Crippen molar-refractivity contribution in [2.45, 2.75) is 0 Å². The zero-order valence-corrected chi connectivity index (χ0v) is 19.4. The Hall–Kier alpha value is -2.73. The van der Waals surface area contributed by atoms with Gasteiger partial charge in [0.15, 0.2) is 7.14 Å². The molecule has 2 aliphatic heterocycles. The summed E-state index contributed by atoms with van der Waals surface area (Å²) in [6, 6.07) is 16.9.